The van der Waals surface area contributed by atoms with Gasteiger partial charge in [0.1, 0.15) is 12.0 Å². The van der Waals surface area contributed by atoms with Gasteiger partial charge in [-0.15, -0.1) is 0 Å². The van der Waals surface area contributed by atoms with Crippen LogP contribution >= 0.6 is 0 Å². The van der Waals surface area contributed by atoms with Gasteiger partial charge in [0.15, 0.2) is 0 Å². The molecule has 0 amide bonds. The molecule has 1 nitrogen and oxygen atoms in total. The molecule has 3 saturated carbocycles. The van der Waals surface area contributed by atoms with E-state index in [1.807, 2.05) is 6.08 Å². The van der Waals surface area contributed by atoms with Crippen LogP contribution in [-0.4, -0.2) is 12.0 Å². The molecular formula is C27H43FO. The Balaban J connectivity index is 1.53. The Bertz CT molecular complexity index is 665. The largest absolute Gasteiger partial charge is 0.299 e. The molecule has 0 N–H and O–H groups in total. The first-order valence-electron chi connectivity index (χ1n) is 12.5. The molecular weight excluding hydrogens is 359 g/mol. The summed E-state index contributed by atoms with van der Waals surface area (Å²) in [7, 11) is 0. The van der Waals surface area contributed by atoms with Crippen LogP contribution < -0.4 is 0 Å². The zero-order valence-electron chi connectivity index (χ0n) is 19.5. The molecule has 2 heteroatoms. The van der Waals surface area contributed by atoms with E-state index in [0.29, 0.717) is 41.8 Å². The van der Waals surface area contributed by atoms with Crippen LogP contribution in [0.1, 0.15) is 98.8 Å². The van der Waals surface area contributed by atoms with Crippen molar-refractivity contribution in [1.82, 2.24) is 0 Å². The van der Waals surface area contributed by atoms with Crippen LogP contribution in [0.25, 0.3) is 0 Å². The number of halogens is 1. The summed E-state index contributed by atoms with van der Waals surface area (Å²) in [5.41, 5.74) is 1.16. The van der Waals surface area contributed by atoms with Gasteiger partial charge in [-0.2, -0.15) is 0 Å². The Hall–Kier alpha value is -0.660. The average Bonchev–Trinajstić information content (AvgIpc) is 2.98. The zero-order chi connectivity index (χ0) is 21.0. The molecule has 0 aliphatic heterocycles. The molecule has 29 heavy (non-hydrogen) atoms. The SMILES string of the molecule is CC(C)CCC[C@@H](C)[C@H]1CC[C@H]2[C@@H]3C[C@H](F)C4=CCC(=O)C[C@]4(C)[C@H]3CC[C@]12C. The third kappa shape index (κ3) is 3.55. The lowest BCUT2D eigenvalue weighted by atomic mass is 9.46. The van der Waals surface area contributed by atoms with Crippen molar-refractivity contribution in [2.75, 3.05) is 0 Å². The Kier molecular flexibility index (Phi) is 5.79. The minimum absolute atomic E-state index is 0.208. The van der Waals surface area contributed by atoms with Gasteiger partial charge < -0.3 is 0 Å². The smallest absolute Gasteiger partial charge is 0.137 e. The van der Waals surface area contributed by atoms with Crippen molar-refractivity contribution < 1.29 is 9.18 Å². The van der Waals surface area contributed by atoms with Gasteiger partial charge in [0.2, 0.25) is 0 Å². The molecule has 4 rings (SSSR count). The van der Waals surface area contributed by atoms with Crippen molar-refractivity contribution in [3.05, 3.63) is 11.6 Å². The monoisotopic (exact) mass is 402 g/mol. The minimum atomic E-state index is -0.820. The Morgan fingerprint density at radius 2 is 1.86 bits per heavy atom. The summed E-state index contributed by atoms with van der Waals surface area (Å²) >= 11 is 0. The van der Waals surface area contributed by atoms with Crippen LogP contribution in [0.15, 0.2) is 11.6 Å². The molecule has 4 aliphatic carbocycles. The first kappa shape index (κ1) is 21.6. The van der Waals surface area contributed by atoms with Crippen LogP contribution in [0.3, 0.4) is 0 Å². The molecule has 0 aromatic rings. The zero-order valence-corrected chi connectivity index (χ0v) is 19.5. The van der Waals surface area contributed by atoms with Gasteiger partial charge in [0.25, 0.3) is 0 Å². The van der Waals surface area contributed by atoms with E-state index in [-0.39, 0.29) is 5.41 Å². The number of allylic oxidation sites excluding steroid dienone is 2. The van der Waals surface area contributed by atoms with Crippen molar-refractivity contribution in [1.29, 1.82) is 0 Å². The number of hydrogen-bond donors (Lipinski definition) is 0. The molecule has 0 aromatic carbocycles. The predicted octanol–water partition coefficient (Wildman–Crippen LogP) is 7.54. The lowest BCUT2D eigenvalue weighted by Crippen LogP contribution is -2.53. The summed E-state index contributed by atoms with van der Waals surface area (Å²) in [5.74, 6) is 4.36. The van der Waals surface area contributed by atoms with E-state index in [1.54, 1.807) is 0 Å². The summed E-state index contributed by atoms with van der Waals surface area (Å²) in [4.78, 5) is 12.3. The van der Waals surface area contributed by atoms with Crippen molar-refractivity contribution in [3.63, 3.8) is 0 Å². The van der Waals surface area contributed by atoms with E-state index in [2.05, 4.69) is 34.6 Å². The molecule has 0 saturated heterocycles. The van der Waals surface area contributed by atoms with Crippen LogP contribution in [0.4, 0.5) is 4.39 Å². The van der Waals surface area contributed by atoms with Gasteiger partial charge in [0.05, 0.1) is 0 Å². The number of ketones is 1. The van der Waals surface area contributed by atoms with E-state index in [1.165, 1.54) is 44.9 Å². The van der Waals surface area contributed by atoms with E-state index >= 15 is 4.39 Å². The molecule has 164 valence electrons. The Morgan fingerprint density at radius 1 is 1.10 bits per heavy atom. The highest BCUT2D eigenvalue weighted by atomic mass is 19.1. The molecule has 0 bridgehead atoms. The molecule has 0 heterocycles. The summed E-state index contributed by atoms with van der Waals surface area (Å²) in [6.45, 7) is 11.9. The number of carbonyl (C=O) groups excluding carboxylic acids is 1. The third-order valence-electron chi connectivity index (χ3n) is 10.0. The van der Waals surface area contributed by atoms with Crippen molar-refractivity contribution >= 4 is 5.78 Å². The van der Waals surface area contributed by atoms with Crippen molar-refractivity contribution in [2.45, 2.75) is 105 Å². The Morgan fingerprint density at radius 3 is 2.59 bits per heavy atom. The molecule has 0 radical (unpaired) electrons. The normalized spacial score (nSPS) is 45.4. The predicted molar refractivity (Wildman–Crippen MR) is 118 cm³/mol. The maximum absolute atomic E-state index is 15.4. The minimum Gasteiger partial charge on any atom is -0.299 e. The second kappa shape index (κ2) is 7.79. The highest BCUT2D eigenvalue weighted by Crippen LogP contribution is 2.67. The van der Waals surface area contributed by atoms with Crippen molar-refractivity contribution in [2.24, 2.45) is 46.3 Å². The fourth-order valence-electron chi connectivity index (χ4n) is 8.67. The second-order valence-corrected chi connectivity index (χ2v) is 12.1. The molecule has 4 aliphatic rings. The van der Waals surface area contributed by atoms with Crippen LogP contribution in [0, 0.1) is 46.3 Å². The lowest BCUT2D eigenvalue weighted by Gasteiger charge is -2.59. The van der Waals surface area contributed by atoms with Gasteiger partial charge >= 0.3 is 0 Å². The second-order valence-electron chi connectivity index (χ2n) is 12.1. The summed E-state index contributed by atoms with van der Waals surface area (Å²) < 4.78 is 15.4. The quantitative estimate of drug-likeness (QED) is 0.434. The first-order valence-corrected chi connectivity index (χ1v) is 12.5. The number of rotatable bonds is 5. The summed E-state index contributed by atoms with van der Waals surface area (Å²) in [5, 5.41) is 0. The summed E-state index contributed by atoms with van der Waals surface area (Å²) in [6.07, 6.45) is 12.0. The first-order chi connectivity index (χ1) is 13.7. The van der Waals surface area contributed by atoms with Gasteiger partial charge in [-0.05, 0) is 78.6 Å². The average molecular weight is 403 g/mol. The van der Waals surface area contributed by atoms with E-state index < -0.39 is 6.17 Å². The highest BCUT2D eigenvalue weighted by Gasteiger charge is 2.61. The number of Topliss-reactive ketones (excluding diaryl/α,β-unsaturated/α-hetero) is 1. The van der Waals surface area contributed by atoms with Gasteiger partial charge in [-0.25, -0.2) is 4.39 Å². The standard InChI is InChI=1S/C27H43FO/c1-17(2)7-6-8-18(3)21-11-12-22-20-15-25(28)24-10-9-19(29)16-27(24,5)23(20)13-14-26(21,22)4/h10,17-18,20-23,25H,6-9,11-16H2,1-5H3/t18-,20+,21-,22+,23+,25+,26-,27-/m1/s1. The molecule has 0 unspecified atom stereocenters. The van der Waals surface area contributed by atoms with Crippen LogP contribution in [-0.2, 0) is 4.79 Å². The number of fused-ring (bicyclic) bond motifs is 5. The van der Waals surface area contributed by atoms with E-state index in [4.69, 9.17) is 0 Å². The van der Waals surface area contributed by atoms with Crippen molar-refractivity contribution in [3.8, 4) is 0 Å². The molecule has 8 atom stereocenters. The van der Waals surface area contributed by atoms with Crippen LogP contribution in [0.5, 0.6) is 0 Å². The fourth-order valence-corrected chi connectivity index (χ4v) is 8.67. The number of hydrogen-bond acceptors (Lipinski definition) is 1. The Labute approximate surface area is 178 Å². The number of carbonyl (C=O) groups is 1. The molecule has 0 aromatic heterocycles. The van der Waals surface area contributed by atoms with E-state index in [0.717, 1.165) is 29.7 Å². The van der Waals surface area contributed by atoms with Gasteiger partial charge in [-0.3, -0.25) is 4.79 Å². The maximum atomic E-state index is 15.4. The topological polar surface area (TPSA) is 17.1 Å². The highest BCUT2D eigenvalue weighted by molar-refractivity contribution is 5.83. The fraction of sp³-hybridized carbons (Fsp3) is 0.889. The lowest BCUT2D eigenvalue weighted by molar-refractivity contribution is -0.125. The summed E-state index contributed by atoms with van der Waals surface area (Å²) in [6, 6.07) is 0. The van der Waals surface area contributed by atoms with Gasteiger partial charge in [0, 0.05) is 18.3 Å². The molecule has 3 fully saturated rings. The van der Waals surface area contributed by atoms with Gasteiger partial charge in [-0.1, -0.05) is 60.0 Å². The van der Waals surface area contributed by atoms with Crippen LogP contribution in [0.2, 0.25) is 0 Å². The third-order valence-corrected chi connectivity index (χ3v) is 10.0. The number of alkyl halides is 1. The molecule has 0 spiro atoms. The van der Waals surface area contributed by atoms with E-state index in [9.17, 15) is 4.79 Å². The maximum Gasteiger partial charge on any atom is 0.137 e.